The fourth-order valence-electron chi connectivity index (χ4n) is 3.84. The monoisotopic (exact) mass is 430 g/mol. The van der Waals surface area contributed by atoms with Gasteiger partial charge in [-0.05, 0) is 55.8 Å². The molecule has 0 aliphatic carbocycles. The number of nitrogens with zero attached hydrogens (tertiary/aromatic N) is 3. The molecule has 1 aromatic carbocycles. The summed E-state index contributed by atoms with van der Waals surface area (Å²) in [6, 6.07) is 11.3. The van der Waals surface area contributed by atoms with Gasteiger partial charge in [-0.3, -0.25) is 14.9 Å². The molecule has 2 aliphatic rings. The van der Waals surface area contributed by atoms with E-state index in [9.17, 15) is 14.4 Å². The maximum atomic E-state index is 13.2. The van der Waals surface area contributed by atoms with Gasteiger partial charge in [0.1, 0.15) is 11.4 Å². The Morgan fingerprint density at radius 1 is 1.03 bits per heavy atom. The Morgan fingerprint density at radius 3 is 2.62 bits per heavy atom. The summed E-state index contributed by atoms with van der Waals surface area (Å²) in [6.45, 7) is 3.85. The number of carbonyl (C=O) groups is 3. The lowest BCUT2D eigenvalue weighted by Gasteiger charge is -2.26. The van der Waals surface area contributed by atoms with Crippen LogP contribution in [0.3, 0.4) is 0 Å². The van der Waals surface area contributed by atoms with Gasteiger partial charge in [0.25, 0.3) is 11.8 Å². The molecule has 1 saturated heterocycles. The van der Waals surface area contributed by atoms with Gasteiger partial charge in [0.2, 0.25) is 6.79 Å². The Labute approximate surface area is 182 Å². The SMILES string of the molecule is Cc1cc(/C=C2\C(=O)NC(=O)N(c3ccc4c(c3)OCO4)C2=O)c(C)n1-c1ccccn1. The minimum absolute atomic E-state index is 0.0639. The van der Waals surface area contributed by atoms with Crippen molar-refractivity contribution in [2.24, 2.45) is 0 Å². The summed E-state index contributed by atoms with van der Waals surface area (Å²) in [5, 5.41) is 2.24. The van der Waals surface area contributed by atoms with Crippen LogP contribution in [0.15, 0.2) is 54.2 Å². The number of imide groups is 2. The molecule has 3 aromatic rings. The zero-order chi connectivity index (χ0) is 22.4. The highest BCUT2D eigenvalue weighted by Crippen LogP contribution is 2.36. The first-order valence-electron chi connectivity index (χ1n) is 9.85. The molecule has 5 rings (SSSR count). The number of amides is 4. The molecule has 32 heavy (non-hydrogen) atoms. The van der Waals surface area contributed by atoms with Crippen molar-refractivity contribution in [3.8, 4) is 17.3 Å². The number of aromatic nitrogens is 2. The number of anilines is 1. The maximum absolute atomic E-state index is 13.2. The fraction of sp³-hybridized carbons (Fsp3) is 0.130. The van der Waals surface area contributed by atoms with Crippen molar-refractivity contribution < 1.29 is 23.9 Å². The van der Waals surface area contributed by atoms with E-state index in [0.29, 0.717) is 17.1 Å². The average molecular weight is 430 g/mol. The van der Waals surface area contributed by atoms with Crippen LogP contribution in [0, 0.1) is 13.8 Å². The number of carbonyl (C=O) groups excluding carboxylic acids is 3. The van der Waals surface area contributed by atoms with Gasteiger partial charge in [0, 0.05) is 23.7 Å². The van der Waals surface area contributed by atoms with E-state index in [1.165, 1.54) is 12.1 Å². The van der Waals surface area contributed by atoms with Crippen LogP contribution >= 0.6 is 0 Å². The summed E-state index contributed by atoms with van der Waals surface area (Å²) in [6.07, 6.45) is 3.19. The molecule has 1 fully saturated rings. The number of hydrogen-bond donors (Lipinski definition) is 1. The van der Waals surface area contributed by atoms with Crippen molar-refractivity contribution in [2.75, 3.05) is 11.7 Å². The third kappa shape index (κ3) is 3.11. The van der Waals surface area contributed by atoms with Crippen LogP contribution in [0.5, 0.6) is 11.5 Å². The molecular weight excluding hydrogens is 412 g/mol. The van der Waals surface area contributed by atoms with Gasteiger partial charge in [0.05, 0.1) is 5.69 Å². The number of fused-ring (bicyclic) bond motifs is 1. The molecule has 4 heterocycles. The van der Waals surface area contributed by atoms with E-state index in [1.54, 1.807) is 18.3 Å². The third-order valence-corrected chi connectivity index (χ3v) is 5.36. The van der Waals surface area contributed by atoms with Crippen LogP contribution in [-0.2, 0) is 9.59 Å². The minimum atomic E-state index is -0.824. The largest absolute Gasteiger partial charge is 0.454 e. The smallest absolute Gasteiger partial charge is 0.335 e. The number of pyridine rings is 1. The van der Waals surface area contributed by atoms with Gasteiger partial charge in [-0.15, -0.1) is 0 Å². The summed E-state index contributed by atoms with van der Waals surface area (Å²) in [5.41, 5.74) is 2.49. The van der Waals surface area contributed by atoms with Crippen molar-refractivity contribution in [3.63, 3.8) is 0 Å². The predicted octanol–water partition coefficient (Wildman–Crippen LogP) is 2.88. The zero-order valence-electron chi connectivity index (χ0n) is 17.3. The molecular formula is C23H18N4O5. The van der Waals surface area contributed by atoms with Gasteiger partial charge in [-0.1, -0.05) is 6.07 Å². The van der Waals surface area contributed by atoms with Gasteiger partial charge < -0.3 is 14.0 Å². The van der Waals surface area contributed by atoms with E-state index in [-0.39, 0.29) is 18.1 Å². The normalized spacial score (nSPS) is 16.6. The molecule has 2 aromatic heterocycles. The van der Waals surface area contributed by atoms with E-state index in [2.05, 4.69) is 10.3 Å². The van der Waals surface area contributed by atoms with Crippen LogP contribution in [0.1, 0.15) is 17.0 Å². The van der Waals surface area contributed by atoms with Crippen molar-refractivity contribution in [2.45, 2.75) is 13.8 Å². The topological polar surface area (TPSA) is 103 Å². The molecule has 0 bridgehead atoms. The van der Waals surface area contributed by atoms with Crippen molar-refractivity contribution in [1.29, 1.82) is 0 Å². The average Bonchev–Trinajstić information content (AvgIpc) is 3.35. The number of ether oxygens (including phenoxy) is 2. The number of aryl methyl sites for hydroxylation is 1. The van der Waals surface area contributed by atoms with Crippen molar-refractivity contribution in [1.82, 2.24) is 14.9 Å². The van der Waals surface area contributed by atoms with E-state index < -0.39 is 17.8 Å². The zero-order valence-corrected chi connectivity index (χ0v) is 17.3. The van der Waals surface area contributed by atoms with Gasteiger partial charge in [0.15, 0.2) is 11.5 Å². The van der Waals surface area contributed by atoms with Gasteiger partial charge in [-0.2, -0.15) is 0 Å². The Kier molecular flexibility index (Phi) is 4.51. The predicted molar refractivity (Wildman–Crippen MR) is 115 cm³/mol. The highest BCUT2D eigenvalue weighted by molar-refractivity contribution is 6.39. The van der Waals surface area contributed by atoms with E-state index in [1.807, 2.05) is 42.7 Å². The van der Waals surface area contributed by atoms with Crippen LogP contribution in [0.2, 0.25) is 0 Å². The number of hydrogen-bond acceptors (Lipinski definition) is 6. The lowest BCUT2D eigenvalue weighted by Crippen LogP contribution is -2.54. The van der Waals surface area contributed by atoms with Crippen molar-refractivity contribution in [3.05, 3.63) is 71.2 Å². The first-order chi connectivity index (χ1) is 15.4. The highest BCUT2D eigenvalue weighted by atomic mass is 16.7. The first-order valence-corrected chi connectivity index (χ1v) is 9.85. The lowest BCUT2D eigenvalue weighted by atomic mass is 10.1. The molecule has 0 radical (unpaired) electrons. The van der Waals surface area contributed by atoms with Crippen LogP contribution in [0.25, 0.3) is 11.9 Å². The number of barbiturate groups is 1. The molecule has 0 atom stereocenters. The number of rotatable bonds is 3. The summed E-state index contributed by atoms with van der Waals surface area (Å²) in [5.74, 6) is 0.195. The number of nitrogens with one attached hydrogen (secondary N) is 1. The minimum Gasteiger partial charge on any atom is -0.454 e. The second-order valence-corrected chi connectivity index (χ2v) is 7.35. The van der Waals surface area contributed by atoms with E-state index in [0.717, 1.165) is 22.1 Å². The van der Waals surface area contributed by atoms with Crippen LogP contribution in [-0.4, -0.2) is 34.2 Å². The third-order valence-electron chi connectivity index (χ3n) is 5.36. The lowest BCUT2D eigenvalue weighted by molar-refractivity contribution is -0.122. The molecule has 4 amide bonds. The Morgan fingerprint density at radius 2 is 1.84 bits per heavy atom. The Hall–Kier alpha value is -4.40. The van der Waals surface area contributed by atoms with Crippen LogP contribution < -0.4 is 19.7 Å². The molecule has 160 valence electrons. The number of urea groups is 1. The summed E-state index contributed by atoms with van der Waals surface area (Å²) < 4.78 is 12.5. The number of benzene rings is 1. The highest BCUT2D eigenvalue weighted by Gasteiger charge is 2.37. The van der Waals surface area contributed by atoms with E-state index in [4.69, 9.17) is 9.47 Å². The standard InChI is InChI=1S/C23H18N4O5/c1-13-9-15(14(2)26(13)20-5-3-4-8-24-20)10-17-21(28)25-23(30)27(22(17)29)16-6-7-18-19(11-16)32-12-31-18/h3-11H,12H2,1-2H3,(H,25,28,30)/b17-10+. The fourth-order valence-corrected chi connectivity index (χ4v) is 3.84. The Balaban J connectivity index is 1.54. The second-order valence-electron chi connectivity index (χ2n) is 7.35. The van der Waals surface area contributed by atoms with Gasteiger partial charge >= 0.3 is 6.03 Å². The molecule has 0 saturated carbocycles. The molecule has 9 nitrogen and oxygen atoms in total. The van der Waals surface area contributed by atoms with Crippen molar-refractivity contribution >= 4 is 29.6 Å². The molecule has 0 unspecified atom stereocenters. The van der Waals surface area contributed by atoms with Crippen LogP contribution in [0.4, 0.5) is 10.5 Å². The summed E-state index contributed by atoms with van der Waals surface area (Å²) >= 11 is 0. The molecule has 0 spiro atoms. The van der Waals surface area contributed by atoms with Gasteiger partial charge in [-0.25, -0.2) is 14.7 Å². The molecule has 1 N–H and O–H groups in total. The summed E-state index contributed by atoms with van der Waals surface area (Å²) in [7, 11) is 0. The van der Waals surface area contributed by atoms with E-state index >= 15 is 0 Å². The molecule has 9 heteroatoms. The quantitative estimate of drug-likeness (QED) is 0.506. The first kappa shape index (κ1) is 19.6. The Bertz CT molecular complexity index is 1310. The second kappa shape index (κ2) is 7.38. The maximum Gasteiger partial charge on any atom is 0.335 e. The summed E-state index contributed by atoms with van der Waals surface area (Å²) in [4.78, 5) is 43.5. The molecule has 2 aliphatic heterocycles.